The maximum Gasteiger partial charge on any atom is 0.274 e. The van der Waals surface area contributed by atoms with Gasteiger partial charge in [0.25, 0.3) is 11.3 Å². The van der Waals surface area contributed by atoms with Gasteiger partial charge < -0.3 is 0 Å². The first-order valence-corrected chi connectivity index (χ1v) is 5.63. The van der Waals surface area contributed by atoms with Crippen LogP contribution in [0.25, 0.3) is 5.78 Å². The van der Waals surface area contributed by atoms with Gasteiger partial charge in [-0.1, -0.05) is 11.8 Å². The van der Waals surface area contributed by atoms with Gasteiger partial charge >= 0.3 is 0 Å². The van der Waals surface area contributed by atoms with Gasteiger partial charge in [-0.2, -0.15) is 9.50 Å². The molecule has 1 N–H and O–H groups in total. The number of carbonyl (C=O) groups is 1. The number of aromatic nitrogens is 4. The number of thioether (sulfide) groups is 1. The predicted molar refractivity (Wildman–Crippen MR) is 59.7 cm³/mol. The molecule has 2 heterocycles. The van der Waals surface area contributed by atoms with Gasteiger partial charge in [-0.15, -0.1) is 0 Å². The van der Waals surface area contributed by atoms with Crippen LogP contribution in [-0.2, 0) is 4.79 Å². The van der Waals surface area contributed by atoms with E-state index in [0.29, 0.717) is 22.4 Å². The first-order valence-electron chi connectivity index (χ1n) is 4.65. The highest BCUT2D eigenvalue weighted by molar-refractivity contribution is 7.99. The van der Waals surface area contributed by atoms with Gasteiger partial charge in [0.2, 0.25) is 0 Å². The zero-order valence-corrected chi connectivity index (χ0v) is 9.67. The Morgan fingerprint density at radius 1 is 1.56 bits per heavy atom. The van der Waals surface area contributed by atoms with Crippen molar-refractivity contribution in [1.29, 1.82) is 0 Å². The summed E-state index contributed by atoms with van der Waals surface area (Å²) in [6.45, 7) is 3.24. The van der Waals surface area contributed by atoms with Crippen LogP contribution in [0.15, 0.2) is 16.0 Å². The number of nitrogens with zero attached hydrogens (tertiary/aromatic N) is 3. The molecule has 0 aromatic carbocycles. The molecule has 0 bridgehead atoms. The molecule has 0 saturated heterocycles. The second-order valence-corrected chi connectivity index (χ2v) is 4.35. The van der Waals surface area contributed by atoms with Crippen LogP contribution in [0.1, 0.15) is 12.6 Å². The van der Waals surface area contributed by atoms with E-state index in [0.717, 1.165) is 0 Å². The summed E-state index contributed by atoms with van der Waals surface area (Å²) in [6.07, 6.45) is 0. The molecule has 0 aliphatic rings. The number of H-pyrrole nitrogens is 1. The Morgan fingerprint density at radius 3 is 3.00 bits per heavy atom. The van der Waals surface area contributed by atoms with Crippen LogP contribution in [0, 0.1) is 6.92 Å². The zero-order valence-electron chi connectivity index (χ0n) is 8.85. The summed E-state index contributed by atoms with van der Waals surface area (Å²) in [5.41, 5.74) is 0.421. The number of ketones is 1. The lowest BCUT2D eigenvalue weighted by Gasteiger charge is -1.91. The lowest BCUT2D eigenvalue weighted by molar-refractivity contribution is -0.114. The Labute approximate surface area is 95.1 Å². The third-order valence-electron chi connectivity index (χ3n) is 1.85. The summed E-state index contributed by atoms with van der Waals surface area (Å²) in [6, 6.07) is 1.42. The number of fused-ring (bicyclic) bond motifs is 1. The number of carbonyl (C=O) groups excluding carboxylic acids is 1. The number of hydrogen-bond acceptors (Lipinski definition) is 5. The van der Waals surface area contributed by atoms with Crippen LogP contribution in [-0.4, -0.2) is 31.1 Å². The van der Waals surface area contributed by atoms with Crippen LogP contribution in [0.4, 0.5) is 0 Å². The maximum absolute atomic E-state index is 11.5. The van der Waals surface area contributed by atoms with Crippen molar-refractivity contribution in [2.24, 2.45) is 0 Å². The molecule has 2 aromatic heterocycles. The third-order valence-corrected chi connectivity index (χ3v) is 2.86. The fraction of sp³-hybridized carbons (Fsp3) is 0.333. The smallest absolute Gasteiger partial charge is 0.274 e. The molecule has 16 heavy (non-hydrogen) atoms. The highest BCUT2D eigenvalue weighted by Crippen LogP contribution is 2.12. The number of aryl methyl sites for hydroxylation is 1. The second kappa shape index (κ2) is 4.09. The zero-order chi connectivity index (χ0) is 11.7. The summed E-state index contributed by atoms with van der Waals surface area (Å²) in [5, 5.41) is 3.31. The van der Waals surface area contributed by atoms with E-state index < -0.39 is 0 Å². The van der Waals surface area contributed by atoms with Crippen LogP contribution >= 0.6 is 11.8 Å². The van der Waals surface area contributed by atoms with E-state index in [4.69, 9.17) is 0 Å². The largest absolute Gasteiger partial charge is 0.299 e. The van der Waals surface area contributed by atoms with Gasteiger partial charge in [0.15, 0.2) is 5.16 Å². The molecular formula is C9H10N4O2S. The van der Waals surface area contributed by atoms with Crippen molar-refractivity contribution in [2.75, 3.05) is 5.75 Å². The molecule has 0 amide bonds. The topological polar surface area (TPSA) is 80.1 Å². The van der Waals surface area contributed by atoms with Crippen molar-refractivity contribution in [3.8, 4) is 0 Å². The van der Waals surface area contributed by atoms with E-state index >= 15 is 0 Å². The average Bonchev–Trinajstić information content (AvgIpc) is 2.57. The molecule has 2 aromatic rings. The van der Waals surface area contributed by atoms with E-state index in [-0.39, 0.29) is 11.3 Å². The van der Waals surface area contributed by atoms with E-state index in [1.54, 1.807) is 6.92 Å². The van der Waals surface area contributed by atoms with E-state index in [1.165, 1.54) is 29.3 Å². The van der Waals surface area contributed by atoms with Crippen molar-refractivity contribution >= 4 is 23.3 Å². The van der Waals surface area contributed by atoms with Crippen LogP contribution in [0.5, 0.6) is 0 Å². The normalized spacial score (nSPS) is 10.9. The second-order valence-electron chi connectivity index (χ2n) is 3.39. The molecule has 7 heteroatoms. The van der Waals surface area contributed by atoms with Crippen LogP contribution < -0.4 is 5.56 Å². The number of nitrogens with one attached hydrogen (secondary N) is 1. The third kappa shape index (κ3) is 2.13. The number of Topliss-reactive ketones (excluding diaryl/α,β-unsaturated/α-hetero) is 1. The monoisotopic (exact) mass is 238 g/mol. The molecule has 0 atom stereocenters. The summed E-state index contributed by atoms with van der Waals surface area (Å²) in [4.78, 5) is 30.6. The molecule has 84 valence electrons. The van der Waals surface area contributed by atoms with Gasteiger partial charge in [0.05, 0.1) is 5.75 Å². The van der Waals surface area contributed by atoms with E-state index in [2.05, 4.69) is 15.1 Å². The van der Waals surface area contributed by atoms with Crippen LogP contribution in [0.3, 0.4) is 0 Å². The maximum atomic E-state index is 11.5. The van der Waals surface area contributed by atoms with Crippen LogP contribution in [0.2, 0.25) is 0 Å². The Hall–Kier alpha value is -1.63. The molecule has 2 rings (SSSR count). The number of rotatable bonds is 3. The standard InChI is InChI=1S/C9H10N4O2S/c1-5-3-7(15)13-8(10-5)11-9(12-13)16-4-6(2)14/h3H,4H2,1-2H3,(H,10,11,12). The quantitative estimate of drug-likeness (QED) is 0.783. The van der Waals surface area contributed by atoms with Gasteiger partial charge in [-0.3, -0.25) is 14.7 Å². The number of hydrogen-bond donors (Lipinski definition) is 1. The van der Waals surface area contributed by atoms with Crippen molar-refractivity contribution < 1.29 is 4.79 Å². The molecule has 0 saturated carbocycles. The van der Waals surface area contributed by atoms with Gasteiger partial charge in [-0.05, 0) is 13.8 Å². The molecule has 0 radical (unpaired) electrons. The Balaban J connectivity index is 2.40. The van der Waals surface area contributed by atoms with Gasteiger partial charge in [0.1, 0.15) is 5.78 Å². The highest BCUT2D eigenvalue weighted by Gasteiger charge is 2.07. The fourth-order valence-corrected chi connectivity index (χ4v) is 1.85. The average molecular weight is 238 g/mol. The minimum Gasteiger partial charge on any atom is -0.299 e. The van der Waals surface area contributed by atoms with Gasteiger partial charge in [0, 0.05) is 11.8 Å². The molecule has 6 nitrogen and oxygen atoms in total. The summed E-state index contributed by atoms with van der Waals surface area (Å²) in [5.74, 6) is 0.714. The number of aromatic amines is 1. The summed E-state index contributed by atoms with van der Waals surface area (Å²) >= 11 is 1.25. The fourth-order valence-electron chi connectivity index (χ4n) is 1.21. The first-order chi connectivity index (χ1) is 7.56. The molecule has 0 fully saturated rings. The highest BCUT2D eigenvalue weighted by atomic mass is 32.2. The van der Waals surface area contributed by atoms with E-state index in [9.17, 15) is 9.59 Å². The SMILES string of the molecule is CC(=O)CSc1nc2nc(C)cc(=O)n2[nH]1. The molecule has 0 aliphatic carbocycles. The van der Waals surface area contributed by atoms with Crippen molar-refractivity contribution in [3.05, 3.63) is 22.1 Å². The minimum atomic E-state index is -0.204. The summed E-state index contributed by atoms with van der Waals surface area (Å²) < 4.78 is 1.26. The minimum absolute atomic E-state index is 0.0574. The Bertz CT molecular complexity index is 601. The van der Waals surface area contributed by atoms with Crippen molar-refractivity contribution in [3.63, 3.8) is 0 Å². The molecule has 0 unspecified atom stereocenters. The predicted octanol–water partition coefficient (Wildman–Crippen LogP) is 0.407. The summed E-state index contributed by atoms with van der Waals surface area (Å²) in [7, 11) is 0. The Morgan fingerprint density at radius 2 is 2.31 bits per heavy atom. The van der Waals surface area contributed by atoms with E-state index in [1.807, 2.05) is 0 Å². The first kappa shape index (κ1) is 10.9. The Kier molecular flexibility index (Phi) is 2.78. The van der Waals surface area contributed by atoms with Crippen molar-refractivity contribution in [2.45, 2.75) is 19.0 Å². The van der Waals surface area contributed by atoms with Gasteiger partial charge in [-0.25, -0.2) is 4.98 Å². The lowest BCUT2D eigenvalue weighted by Crippen LogP contribution is -2.14. The van der Waals surface area contributed by atoms with Crippen molar-refractivity contribution in [1.82, 2.24) is 19.6 Å². The molecular weight excluding hydrogens is 228 g/mol. The lowest BCUT2D eigenvalue weighted by atomic mass is 10.5. The molecule has 0 aliphatic heterocycles. The molecule has 0 spiro atoms.